The number of carboxylic acid groups (broad SMARTS) is 1. The van der Waals surface area contributed by atoms with Crippen LogP contribution in [0.1, 0.15) is 30.6 Å². The Morgan fingerprint density at radius 1 is 1.50 bits per heavy atom. The molecule has 1 aromatic carbocycles. The molecule has 0 spiro atoms. The van der Waals surface area contributed by atoms with Gasteiger partial charge in [0.25, 0.3) is 11.8 Å². The molecule has 1 aliphatic rings. The van der Waals surface area contributed by atoms with Crippen molar-refractivity contribution in [3.05, 3.63) is 22.2 Å². The molecule has 118 valence electrons. The highest BCUT2D eigenvalue weighted by molar-refractivity contribution is 9.10. The van der Waals surface area contributed by atoms with Crippen LogP contribution in [0.15, 0.2) is 16.6 Å². The Hall–Kier alpha value is -2.09. The van der Waals surface area contributed by atoms with Crippen LogP contribution >= 0.6 is 15.9 Å². The highest BCUT2D eigenvalue weighted by atomic mass is 79.9. The van der Waals surface area contributed by atoms with Gasteiger partial charge in [-0.15, -0.1) is 0 Å². The van der Waals surface area contributed by atoms with Crippen molar-refractivity contribution in [3.8, 4) is 5.75 Å². The molecule has 1 unspecified atom stereocenters. The quantitative estimate of drug-likeness (QED) is 0.748. The molecular formula is C14H15BrN2O5. The summed E-state index contributed by atoms with van der Waals surface area (Å²) in [5, 5.41) is 14.3. The Balaban J connectivity index is 2.31. The largest absolute Gasteiger partial charge is 0.482 e. The Kier molecular flexibility index (Phi) is 4.41. The maximum atomic E-state index is 12.3. The zero-order valence-electron chi connectivity index (χ0n) is 12.0. The molecular weight excluding hydrogens is 356 g/mol. The molecule has 0 saturated carbocycles. The van der Waals surface area contributed by atoms with E-state index < -0.39 is 17.4 Å². The fourth-order valence-corrected chi connectivity index (χ4v) is 2.41. The van der Waals surface area contributed by atoms with E-state index >= 15 is 0 Å². The van der Waals surface area contributed by atoms with E-state index in [1.54, 1.807) is 13.0 Å². The summed E-state index contributed by atoms with van der Waals surface area (Å²) in [7, 11) is 0. The zero-order chi connectivity index (χ0) is 16.5. The monoisotopic (exact) mass is 370 g/mol. The molecule has 0 fully saturated rings. The molecule has 0 saturated heterocycles. The third kappa shape index (κ3) is 3.06. The Labute approximate surface area is 135 Å². The maximum Gasteiger partial charge on any atom is 0.329 e. The van der Waals surface area contributed by atoms with Crippen molar-refractivity contribution in [2.75, 3.05) is 11.9 Å². The fraction of sp³-hybridized carbons (Fsp3) is 0.357. The van der Waals surface area contributed by atoms with Crippen LogP contribution in [-0.2, 0) is 9.59 Å². The van der Waals surface area contributed by atoms with Gasteiger partial charge >= 0.3 is 5.97 Å². The highest BCUT2D eigenvalue weighted by Crippen LogP contribution is 2.33. The van der Waals surface area contributed by atoms with Gasteiger partial charge in [0, 0.05) is 4.47 Å². The van der Waals surface area contributed by atoms with Crippen molar-refractivity contribution < 1.29 is 24.2 Å². The van der Waals surface area contributed by atoms with Crippen LogP contribution in [-0.4, -0.2) is 35.0 Å². The second-order valence-electron chi connectivity index (χ2n) is 5.11. The number of aliphatic carboxylic acids is 1. The summed E-state index contributed by atoms with van der Waals surface area (Å²) in [5.41, 5.74) is -0.673. The van der Waals surface area contributed by atoms with E-state index in [1.165, 1.54) is 13.0 Å². The number of fused-ring (bicyclic) bond motifs is 1. The van der Waals surface area contributed by atoms with Crippen LogP contribution in [0, 0.1) is 0 Å². The van der Waals surface area contributed by atoms with Gasteiger partial charge in [-0.05, 0) is 41.4 Å². The number of carbonyl (C=O) groups excluding carboxylic acids is 2. The van der Waals surface area contributed by atoms with Crippen molar-refractivity contribution >= 4 is 39.4 Å². The first kappa shape index (κ1) is 16.3. The minimum absolute atomic E-state index is 0.127. The third-order valence-corrected chi connectivity index (χ3v) is 4.17. The summed E-state index contributed by atoms with van der Waals surface area (Å²) in [6.07, 6.45) is 0.239. The lowest BCUT2D eigenvalue weighted by Crippen LogP contribution is -2.51. The molecule has 2 amide bonds. The number of hydrogen-bond acceptors (Lipinski definition) is 4. The first-order valence-corrected chi connectivity index (χ1v) is 7.38. The molecule has 0 aromatic heterocycles. The molecule has 8 heteroatoms. The lowest BCUT2D eigenvalue weighted by atomic mass is 9.98. The van der Waals surface area contributed by atoms with Crippen molar-refractivity contribution in [3.63, 3.8) is 0 Å². The van der Waals surface area contributed by atoms with Crippen molar-refractivity contribution in [1.29, 1.82) is 0 Å². The molecule has 22 heavy (non-hydrogen) atoms. The van der Waals surface area contributed by atoms with Gasteiger partial charge in [0.1, 0.15) is 11.3 Å². The first-order valence-electron chi connectivity index (χ1n) is 6.59. The van der Waals surface area contributed by atoms with Gasteiger partial charge in [-0.3, -0.25) is 9.59 Å². The van der Waals surface area contributed by atoms with Gasteiger partial charge in [-0.2, -0.15) is 0 Å². The summed E-state index contributed by atoms with van der Waals surface area (Å²) in [6, 6.07) is 3.01. The van der Waals surface area contributed by atoms with Crippen LogP contribution < -0.4 is 15.4 Å². The topological polar surface area (TPSA) is 105 Å². The summed E-state index contributed by atoms with van der Waals surface area (Å²) in [6.45, 7) is 2.99. The van der Waals surface area contributed by atoms with E-state index in [0.29, 0.717) is 15.9 Å². The predicted molar refractivity (Wildman–Crippen MR) is 82.1 cm³/mol. The number of hydrogen-bond donors (Lipinski definition) is 3. The van der Waals surface area contributed by atoms with Crippen LogP contribution in [0.3, 0.4) is 0 Å². The summed E-state index contributed by atoms with van der Waals surface area (Å²) in [5.74, 6) is -1.56. The van der Waals surface area contributed by atoms with Gasteiger partial charge in [0.2, 0.25) is 0 Å². The summed E-state index contributed by atoms with van der Waals surface area (Å²) >= 11 is 3.25. The second kappa shape index (κ2) is 5.96. The molecule has 3 N–H and O–H groups in total. The molecule has 1 aromatic rings. The van der Waals surface area contributed by atoms with Gasteiger partial charge in [-0.25, -0.2) is 4.79 Å². The number of anilines is 1. The van der Waals surface area contributed by atoms with Crippen LogP contribution in [0.5, 0.6) is 5.75 Å². The second-order valence-corrected chi connectivity index (χ2v) is 5.96. The van der Waals surface area contributed by atoms with Crippen molar-refractivity contribution in [2.24, 2.45) is 0 Å². The number of rotatable bonds is 4. The number of halogens is 1. The zero-order valence-corrected chi connectivity index (χ0v) is 13.6. The Morgan fingerprint density at radius 3 is 2.77 bits per heavy atom. The average molecular weight is 371 g/mol. The fourth-order valence-electron chi connectivity index (χ4n) is 1.89. The molecule has 0 bridgehead atoms. The minimum Gasteiger partial charge on any atom is -0.482 e. The molecule has 2 rings (SSSR count). The first-order chi connectivity index (χ1) is 10.3. The van der Waals surface area contributed by atoms with Crippen LogP contribution in [0.4, 0.5) is 5.69 Å². The van der Waals surface area contributed by atoms with Crippen LogP contribution in [0.25, 0.3) is 0 Å². The lowest BCUT2D eigenvalue weighted by molar-refractivity contribution is -0.143. The van der Waals surface area contributed by atoms with E-state index in [1.807, 2.05) is 0 Å². The molecule has 1 atom stereocenters. The van der Waals surface area contributed by atoms with Gasteiger partial charge in [0.05, 0.1) is 11.3 Å². The minimum atomic E-state index is -1.36. The molecule has 0 radical (unpaired) electrons. The van der Waals surface area contributed by atoms with Gasteiger partial charge in [0.15, 0.2) is 6.61 Å². The van der Waals surface area contributed by atoms with Gasteiger partial charge < -0.3 is 20.5 Å². The number of carbonyl (C=O) groups is 3. The Morgan fingerprint density at radius 2 is 2.18 bits per heavy atom. The summed E-state index contributed by atoms with van der Waals surface area (Å²) in [4.78, 5) is 34.9. The van der Waals surface area contributed by atoms with E-state index in [4.69, 9.17) is 4.74 Å². The molecule has 1 heterocycles. The van der Waals surface area contributed by atoms with E-state index in [0.717, 1.165) is 0 Å². The lowest BCUT2D eigenvalue weighted by Gasteiger charge is -2.25. The molecule has 7 nitrogen and oxygen atoms in total. The van der Waals surface area contributed by atoms with E-state index in [2.05, 4.69) is 26.6 Å². The SMILES string of the molecule is CCC(C)(NC(=O)c1cc2c(cc1Br)NC(=O)CO2)C(=O)O. The van der Waals surface area contributed by atoms with Crippen molar-refractivity contribution in [1.82, 2.24) is 5.32 Å². The van der Waals surface area contributed by atoms with Crippen LogP contribution in [0.2, 0.25) is 0 Å². The van der Waals surface area contributed by atoms with Crippen molar-refractivity contribution in [2.45, 2.75) is 25.8 Å². The number of amides is 2. The standard InChI is InChI=1S/C14H15BrN2O5/c1-3-14(2,13(20)21)17-12(19)7-4-10-9(5-8(7)15)16-11(18)6-22-10/h4-5H,3,6H2,1-2H3,(H,16,18)(H,17,19)(H,20,21). The van der Waals surface area contributed by atoms with E-state index in [9.17, 15) is 19.5 Å². The smallest absolute Gasteiger partial charge is 0.329 e. The number of ether oxygens (including phenoxy) is 1. The average Bonchev–Trinajstić information content (AvgIpc) is 2.45. The molecule has 0 aliphatic carbocycles. The maximum absolute atomic E-state index is 12.3. The highest BCUT2D eigenvalue weighted by Gasteiger charge is 2.34. The molecule has 1 aliphatic heterocycles. The van der Waals surface area contributed by atoms with E-state index in [-0.39, 0.29) is 24.5 Å². The Bertz CT molecular complexity index is 661. The third-order valence-electron chi connectivity index (χ3n) is 3.52. The number of nitrogens with one attached hydrogen (secondary N) is 2. The predicted octanol–water partition coefficient (Wildman–Crippen LogP) is 1.76. The number of carboxylic acids is 1. The van der Waals surface area contributed by atoms with Gasteiger partial charge in [-0.1, -0.05) is 6.92 Å². The normalized spacial score (nSPS) is 15.9. The number of benzene rings is 1. The summed E-state index contributed by atoms with van der Waals surface area (Å²) < 4.78 is 5.69.